The topological polar surface area (TPSA) is 59.4 Å². The number of carbonyl (C=O) groups excluding carboxylic acids is 1. The summed E-state index contributed by atoms with van der Waals surface area (Å²) in [6, 6.07) is 14.8. The molecular formula is C21H23NO3. The molecule has 2 rings (SSSR count). The van der Waals surface area contributed by atoms with Crippen molar-refractivity contribution in [2.75, 3.05) is 0 Å². The summed E-state index contributed by atoms with van der Waals surface area (Å²) in [5, 5.41) is 7.94. The quantitative estimate of drug-likeness (QED) is 0.273. The highest BCUT2D eigenvalue weighted by molar-refractivity contribution is 5.88. The molecule has 2 aromatic carbocycles. The molecule has 0 saturated carbocycles. The second-order valence-electron chi connectivity index (χ2n) is 6.90. The Bertz CT molecular complexity index is 781. The van der Waals surface area contributed by atoms with Gasteiger partial charge in [-0.2, -0.15) is 0 Å². The summed E-state index contributed by atoms with van der Waals surface area (Å²) in [4.78, 5) is 11.5. The van der Waals surface area contributed by atoms with Crippen molar-refractivity contribution in [3.05, 3.63) is 60.7 Å². The van der Waals surface area contributed by atoms with Crippen molar-refractivity contribution in [3.8, 4) is 22.6 Å². The van der Waals surface area contributed by atoms with Crippen molar-refractivity contribution in [3.63, 3.8) is 0 Å². The van der Waals surface area contributed by atoms with E-state index < -0.39 is 5.97 Å². The lowest BCUT2D eigenvalue weighted by Gasteiger charge is -2.19. The van der Waals surface area contributed by atoms with Crippen LogP contribution in [0, 0.1) is 10.8 Å². The molecule has 2 aromatic rings. The van der Waals surface area contributed by atoms with Gasteiger partial charge in [-0.15, -0.1) is 0 Å². The van der Waals surface area contributed by atoms with Crippen molar-refractivity contribution >= 4 is 11.9 Å². The molecule has 0 fully saturated rings. The fourth-order valence-corrected chi connectivity index (χ4v) is 1.90. The molecule has 0 unspecified atom stereocenters. The number of ether oxygens (including phenoxy) is 2. The molecule has 130 valence electrons. The molecule has 0 radical (unpaired) electrons. The van der Waals surface area contributed by atoms with Crippen molar-refractivity contribution in [2.24, 2.45) is 5.41 Å². The molecule has 0 atom stereocenters. The lowest BCUT2D eigenvalue weighted by molar-refractivity contribution is -0.130. The number of esters is 1. The predicted octanol–water partition coefficient (Wildman–Crippen LogP) is 5.24. The molecule has 0 aliphatic rings. The highest BCUT2D eigenvalue weighted by Gasteiger charge is 2.19. The summed E-state index contributed by atoms with van der Waals surface area (Å²) in [7, 11) is 0. The van der Waals surface area contributed by atoms with Gasteiger partial charge < -0.3 is 9.47 Å². The number of hydrogen-bond acceptors (Lipinski definition) is 4. The fraction of sp³-hybridized carbons (Fsp3) is 0.238. The Kier molecular flexibility index (Phi) is 5.42. The smallest absolute Gasteiger partial charge is 0.338 e. The molecule has 1 N–H and O–H groups in total. The Morgan fingerprint density at radius 3 is 1.64 bits per heavy atom. The Hall–Kier alpha value is -2.88. The molecular weight excluding hydrogens is 314 g/mol. The predicted molar refractivity (Wildman–Crippen MR) is 100 cm³/mol. The van der Waals surface area contributed by atoms with E-state index in [0.29, 0.717) is 17.1 Å². The molecule has 0 aliphatic heterocycles. The van der Waals surface area contributed by atoms with Crippen LogP contribution in [0.4, 0.5) is 0 Å². The van der Waals surface area contributed by atoms with Crippen molar-refractivity contribution in [1.82, 2.24) is 0 Å². The lowest BCUT2D eigenvalue weighted by Crippen LogP contribution is -2.24. The van der Waals surface area contributed by atoms with E-state index in [9.17, 15) is 4.79 Å². The largest absolute Gasteiger partial charge is 0.443 e. The molecule has 4 heteroatoms. The van der Waals surface area contributed by atoms with E-state index >= 15 is 0 Å². The number of hydrogen-bond donors (Lipinski definition) is 1. The van der Waals surface area contributed by atoms with Crippen LogP contribution in [-0.2, 0) is 4.79 Å². The normalized spacial score (nSPS) is 10.9. The maximum absolute atomic E-state index is 11.5. The third-order valence-electron chi connectivity index (χ3n) is 3.50. The van der Waals surface area contributed by atoms with Gasteiger partial charge in [0.05, 0.1) is 0 Å². The van der Waals surface area contributed by atoms with Crippen LogP contribution in [-0.4, -0.2) is 11.9 Å². The zero-order chi connectivity index (χ0) is 18.6. The number of carbonyl (C=O) groups is 1. The molecule has 0 aliphatic carbocycles. The van der Waals surface area contributed by atoms with Gasteiger partial charge in [0.25, 0.3) is 0 Å². The summed E-state index contributed by atoms with van der Waals surface area (Å²) in [5.41, 5.74) is 2.04. The van der Waals surface area contributed by atoms with Gasteiger partial charge >= 0.3 is 5.97 Å². The first kappa shape index (κ1) is 18.5. The van der Waals surface area contributed by atoms with Gasteiger partial charge in [-0.05, 0) is 42.3 Å². The maximum Gasteiger partial charge on any atom is 0.338 e. The Morgan fingerprint density at radius 1 is 0.880 bits per heavy atom. The molecule has 4 nitrogen and oxygen atoms in total. The van der Waals surface area contributed by atoms with Crippen LogP contribution in [0.1, 0.15) is 27.7 Å². The third-order valence-corrected chi connectivity index (χ3v) is 3.50. The zero-order valence-corrected chi connectivity index (χ0v) is 15.1. The molecule has 0 spiro atoms. The van der Waals surface area contributed by atoms with E-state index in [1.165, 1.54) is 0 Å². The van der Waals surface area contributed by atoms with Crippen LogP contribution >= 0.6 is 0 Å². The summed E-state index contributed by atoms with van der Waals surface area (Å²) in [6.45, 7) is 11.0. The molecule has 0 saturated heterocycles. The minimum atomic E-state index is -0.435. The lowest BCUT2D eigenvalue weighted by atomic mass is 9.97. The van der Waals surface area contributed by atoms with E-state index in [4.69, 9.17) is 14.9 Å². The third kappa shape index (κ3) is 5.05. The first-order chi connectivity index (χ1) is 11.7. The Balaban J connectivity index is 2.08. The van der Waals surface area contributed by atoms with Crippen LogP contribution in [0.2, 0.25) is 0 Å². The van der Waals surface area contributed by atoms with Crippen LogP contribution in [0.15, 0.2) is 60.7 Å². The zero-order valence-electron chi connectivity index (χ0n) is 15.1. The minimum absolute atomic E-state index is 0.226. The van der Waals surface area contributed by atoms with Crippen molar-refractivity contribution in [2.45, 2.75) is 27.7 Å². The van der Waals surface area contributed by atoms with Crippen LogP contribution in [0.5, 0.6) is 11.5 Å². The van der Waals surface area contributed by atoms with Crippen molar-refractivity contribution in [1.29, 1.82) is 5.41 Å². The maximum atomic E-state index is 11.5. The van der Waals surface area contributed by atoms with Gasteiger partial charge in [-0.25, -0.2) is 4.79 Å². The molecule has 25 heavy (non-hydrogen) atoms. The van der Waals surface area contributed by atoms with Gasteiger partial charge in [0.1, 0.15) is 11.5 Å². The Labute approximate surface area is 148 Å². The van der Waals surface area contributed by atoms with E-state index in [1.54, 1.807) is 19.1 Å². The average molecular weight is 337 g/mol. The monoisotopic (exact) mass is 337 g/mol. The van der Waals surface area contributed by atoms with E-state index in [1.807, 2.05) is 57.2 Å². The van der Waals surface area contributed by atoms with E-state index in [2.05, 4.69) is 6.58 Å². The van der Waals surface area contributed by atoms with Gasteiger partial charge in [-0.3, -0.25) is 5.41 Å². The SMILES string of the molecule is C=C(C)C(=O)Oc1ccc(-c2ccc(OC(=N)C(C)(C)C)cc2)cc1. The minimum Gasteiger partial charge on any atom is -0.443 e. The van der Waals surface area contributed by atoms with Crippen LogP contribution in [0.25, 0.3) is 11.1 Å². The van der Waals surface area contributed by atoms with Gasteiger partial charge in [0, 0.05) is 11.0 Å². The second-order valence-corrected chi connectivity index (χ2v) is 6.90. The standard InChI is InChI=1S/C21H23NO3/c1-14(2)19(23)24-17-10-6-15(7-11-17)16-8-12-18(13-9-16)25-20(22)21(3,4)5/h6-13,22H,1H2,2-5H3. The van der Waals surface area contributed by atoms with E-state index in [-0.39, 0.29) is 11.3 Å². The van der Waals surface area contributed by atoms with Crippen LogP contribution in [0.3, 0.4) is 0 Å². The van der Waals surface area contributed by atoms with Crippen LogP contribution < -0.4 is 9.47 Å². The number of nitrogens with one attached hydrogen (secondary N) is 1. The number of benzene rings is 2. The highest BCUT2D eigenvalue weighted by atomic mass is 16.5. The molecule has 0 aromatic heterocycles. The molecule has 0 bridgehead atoms. The summed E-state index contributed by atoms with van der Waals surface area (Å²) < 4.78 is 10.8. The summed E-state index contributed by atoms with van der Waals surface area (Å²) >= 11 is 0. The van der Waals surface area contributed by atoms with Gasteiger partial charge in [0.15, 0.2) is 5.90 Å². The summed E-state index contributed by atoms with van der Waals surface area (Å²) in [5.74, 6) is 0.908. The Morgan fingerprint density at radius 2 is 1.28 bits per heavy atom. The summed E-state index contributed by atoms with van der Waals surface area (Å²) in [6.07, 6.45) is 0. The number of rotatable bonds is 4. The van der Waals surface area contributed by atoms with Gasteiger partial charge in [-0.1, -0.05) is 51.6 Å². The second kappa shape index (κ2) is 7.34. The van der Waals surface area contributed by atoms with E-state index in [0.717, 1.165) is 11.1 Å². The average Bonchev–Trinajstić information content (AvgIpc) is 2.55. The highest BCUT2D eigenvalue weighted by Crippen LogP contribution is 2.26. The molecule has 0 heterocycles. The fourth-order valence-electron chi connectivity index (χ4n) is 1.90. The first-order valence-electron chi connectivity index (χ1n) is 8.02. The van der Waals surface area contributed by atoms with Gasteiger partial charge in [0.2, 0.25) is 0 Å². The first-order valence-corrected chi connectivity index (χ1v) is 8.02. The molecule has 0 amide bonds. The van der Waals surface area contributed by atoms with Crippen molar-refractivity contribution < 1.29 is 14.3 Å².